The topological polar surface area (TPSA) is 139 Å². The van der Waals surface area contributed by atoms with Crippen LogP contribution in [-0.4, -0.2) is 42.9 Å². The molecule has 26 heavy (non-hydrogen) atoms. The van der Waals surface area contributed by atoms with Gasteiger partial charge in [0, 0.05) is 6.42 Å². The van der Waals surface area contributed by atoms with Crippen molar-refractivity contribution in [2.45, 2.75) is 39.2 Å². The summed E-state index contributed by atoms with van der Waals surface area (Å²) in [7, 11) is -3.57. The van der Waals surface area contributed by atoms with Gasteiger partial charge < -0.3 is 10.8 Å². The monoisotopic (exact) mass is 387 g/mol. The maximum Gasteiger partial charge on any atom is 0.382 e. The standard InChI is InChI=1S/C16H25N3O6S/c1-4-11(2)9-15(21)19(26(23,24)25-3)18-16(22)14(17)10-12-5-7-13(20)8-6-12/h5-8,11,14,20H,4,9-10,17H2,1-3H3,(H,18,22)/t11-,14-/m0/s1. The van der Waals surface area contributed by atoms with Crippen LogP contribution < -0.4 is 11.2 Å². The van der Waals surface area contributed by atoms with E-state index >= 15 is 0 Å². The van der Waals surface area contributed by atoms with Crippen LogP contribution in [0.2, 0.25) is 0 Å². The summed E-state index contributed by atoms with van der Waals surface area (Å²) >= 11 is 0. The Hall–Kier alpha value is -2.17. The van der Waals surface area contributed by atoms with Gasteiger partial charge in [0.1, 0.15) is 5.75 Å². The van der Waals surface area contributed by atoms with Gasteiger partial charge in [-0.2, -0.15) is 8.42 Å². The second-order valence-corrected chi connectivity index (χ2v) is 7.51. The van der Waals surface area contributed by atoms with Crippen molar-refractivity contribution in [2.75, 3.05) is 7.11 Å². The van der Waals surface area contributed by atoms with Gasteiger partial charge in [-0.1, -0.05) is 32.4 Å². The molecule has 0 spiro atoms. The van der Waals surface area contributed by atoms with Gasteiger partial charge in [-0.3, -0.25) is 13.8 Å². The second-order valence-electron chi connectivity index (χ2n) is 5.95. The Kier molecular flexibility index (Phi) is 8.00. The molecule has 146 valence electrons. The van der Waals surface area contributed by atoms with Crippen LogP contribution in [0.3, 0.4) is 0 Å². The molecule has 0 bridgehead atoms. The first kappa shape index (κ1) is 21.9. The maximum atomic E-state index is 12.3. The van der Waals surface area contributed by atoms with Crippen molar-refractivity contribution >= 4 is 22.1 Å². The van der Waals surface area contributed by atoms with E-state index in [4.69, 9.17) is 5.73 Å². The molecule has 2 atom stereocenters. The zero-order chi connectivity index (χ0) is 19.9. The molecule has 0 fully saturated rings. The van der Waals surface area contributed by atoms with Crippen LogP contribution in [0.1, 0.15) is 32.3 Å². The summed E-state index contributed by atoms with van der Waals surface area (Å²) in [6.45, 7) is 3.65. The van der Waals surface area contributed by atoms with E-state index in [0.29, 0.717) is 12.0 Å². The predicted octanol–water partition coefficient (Wildman–Crippen LogP) is 0.449. The Bertz CT molecular complexity index is 720. The Labute approximate surface area is 153 Å². The van der Waals surface area contributed by atoms with Crippen LogP contribution in [0.25, 0.3) is 0 Å². The van der Waals surface area contributed by atoms with E-state index in [1.807, 2.05) is 12.3 Å². The van der Waals surface area contributed by atoms with Gasteiger partial charge in [0.2, 0.25) is 0 Å². The summed E-state index contributed by atoms with van der Waals surface area (Å²) in [5.41, 5.74) is 8.49. The molecule has 9 nitrogen and oxygen atoms in total. The number of amides is 2. The van der Waals surface area contributed by atoms with Crippen LogP contribution in [0.5, 0.6) is 5.75 Å². The lowest BCUT2D eigenvalue weighted by molar-refractivity contribution is -0.137. The summed E-state index contributed by atoms with van der Waals surface area (Å²) in [5, 5.41) is 9.25. The fraction of sp³-hybridized carbons (Fsp3) is 0.500. The van der Waals surface area contributed by atoms with Crippen LogP contribution >= 0.6 is 0 Å². The molecule has 1 aromatic carbocycles. The molecule has 0 unspecified atom stereocenters. The van der Waals surface area contributed by atoms with Crippen LogP contribution in [0, 0.1) is 5.92 Å². The minimum atomic E-state index is -4.46. The fourth-order valence-corrected chi connectivity index (χ4v) is 2.68. The molecule has 0 radical (unpaired) electrons. The molecular weight excluding hydrogens is 362 g/mol. The number of nitrogens with two attached hydrogens (primary N) is 1. The van der Waals surface area contributed by atoms with E-state index < -0.39 is 28.2 Å². The van der Waals surface area contributed by atoms with Crippen LogP contribution in [0.4, 0.5) is 0 Å². The van der Waals surface area contributed by atoms with Crippen molar-refractivity contribution in [3.63, 3.8) is 0 Å². The summed E-state index contributed by atoms with van der Waals surface area (Å²) in [5.74, 6) is -1.66. The smallest absolute Gasteiger partial charge is 0.382 e. The first-order valence-corrected chi connectivity index (χ1v) is 9.44. The minimum Gasteiger partial charge on any atom is -0.508 e. The van der Waals surface area contributed by atoms with Gasteiger partial charge in [-0.25, -0.2) is 5.43 Å². The highest BCUT2D eigenvalue weighted by atomic mass is 32.2. The zero-order valence-electron chi connectivity index (χ0n) is 15.0. The van der Waals surface area contributed by atoms with Crippen molar-refractivity contribution in [1.82, 2.24) is 9.84 Å². The van der Waals surface area contributed by atoms with Crippen molar-refractivity contribution < 1.29 is 27.3 Å². The van der Waals surface area contributed by atoms with Gasteiger partial charge in [0.05, 0.1) is 13.2 Å². The number of hydrogen-bond acceptors (Lipinski definition) is 7. The fourth-order valence-electron chi connectivity index (χ4n) is 2.00. The highest BCUT2D eigenvalue weighted by molar-refractivity contribution is 7.84. The first-order valence-electron chi connectivity index (χ1n) is 8.08. The first-order chi connectivity index (χ1) is 12.1. The number of phenolic OH excluding ortho intramolecular Hbond substituents is 1. The molecule has 4 N–H and O–H groups in total. The minimum absolute atomic E-state index is 0.0692. The average Bonchev–Trinajstić information content (AvgIpc) is 2.60. The predicted molar refractivity (Wildman–Crippen MR) is 94.8 cm³/mol. The SMILES string of the molecule is CC[C@H](C)CC(=O)N(NC(=O)[C@@H](N)Cc1ccc(O)cc1)S(=O)(=O)OC. The molecular formula is C16H25N3O6S. The second kappa shape index (κ2) is 9.51. The van der Waals surface area contributed by atoms with Gasteiger partial charge in [0.15, 0.2) is 0 Å². The molecule has 10 heteroatoms. The Morgan fingerprint density at radius 1 is 1.31 bits per heavy atom. The van der Waals surface area contributed by atoms with E-state index in [9.17, 15) is 23.1 Å². The zero-order valence-corrected chi connectivity index (χ0v) is 15.8. The van der Waals surface area contributed by atoms with Crippen LogP contribution in [0.15, 0.2) is 24.3 Å². The molecule has 0 saturated carbocycles. The molecule has 1 rings (SSSR count). The third-order valence-electron chi connectivity index (χ3n) is 3.82. The summed E-state index contributed by atoms with van der Waals surface area (Å²) in [4.78, 5) is 24.5. The van der Waals surface area contributed by atoms with Gasteiger partial charge in [-0.15, -0.1) is 4.41 Å². The lowest BCUT2D eigenvalue weighted by atomic mass is 10.1. The number of hydrazine groups is 1. The maximum absolute atomic E-state index is 12.3. The van der Waals surface area contributed by atoms with Crippen molar-refractivity contribution in [2.24, 2.45) is 11.7 Å². The van der Waals surface area contributed by atoms with E-state index in [1.54, 1.807) is 19.1 Å². The molecule has 0 aliphatic rings. The van der Waals surface area contributed by atoms with Crippen molar-refractivity contribution in [1.29, 1.82) is 0 Å². The number of benzene rings is 1. The molecule has 0 saturated heterocycles. The number of aromatic hydroxyl groups is 1. The van der Waals surface area contributed by atoms with E-state index in [-0.39, 0.29) is 28.9 Å². The van der Waals surface area contributed by atoms with Crippen LogP contribution in [-0.2, 0) is 30.5 Å². The number of carbonyl (C=O) groups excluding carboxylic acids is 2. The summed E-state index contributed by atoms with van der Waals surface area (Å²) in [6, 6.07) is 4.94. The number of phenols is 1. The normalized spacial score (nSPS) is 13.7. The number of hydrogen-bond donors (Lipinski definition) is 3. The van der Waals surface area contributed by atoms with E-state index in [1.165, 1.54) is 12.1 Å². The summed E-state index contributed by atoms with van der Waals surface area (Å²) < 4.78 is 28.5. The van der Waals surface area contributed by atoms with E-state index in [0.717, 1.165) is 7.11 Å². The summed E-state index contributed by atoms with van der Waals surface area (Å²) in [6.07, 6.45) is 0.681. The quantitative estimate of drug-likeness (QED) is 0.550. The molecule has 0 aliphatic heterocycles. The molecule has 0 aromatic heterocycles. The Morgan fingerprint density at radius 2 is 1.88 bits per heavy atom. The van der Waals surface area contributed by atoms with Gasteiger partial charge >= 0.3 is 10.3 Å². The highest BCUT2D eigenvalue weighted by Crippen LogP contribution is 2.13. The molecule has 0 aliphatic carbocycles. The van der Waals surface area contributed by atoms with Crippen molar-refractivity contribution in [3.8, 4) is 5.75 Å². The third kappa shape index (κ3) is 6.28. The number of nitrogens with one attached hydrogen (secondary N) is 1. The van der Waals surface area contributed by atoms with E-state index in [2.05, 4.69) is 4.18 Å². The molecule has 2 amide bonds. The Balaban J connectivity index is 2.86. The Morgan fingerprint density at radius 3 is 2.38 bits per heavy atom. The number of nitrogens with zero attached hydrogens (tertiary/aromatic N) is 1. The average molecular weight is 387 g/mol. The van der Waals surface area contributed by atoms with Crippen molar-refractivity contribution in [3.05, 3.63) is 29.8 Å². The third-order valence-corrected chi connectivity index (χ3v) is 4.98. The largest absolute Gasteiger partial charge is 0.508 e. The van der Waals surface area contributed by atoms with Gasteiger partial charge in [0.25, 0.3) is 11.8 Å². The number of carbonyl (C=O) groups is 2. The molecule has 1 aromatic rings. The number of rotatable bonds is 8. The molecule has 0 heterocycles. The highest BCUT2D eigenvalue weighted by Gasteiger charge is 2.31. The van der Waals surface area contributed by atoms with Gasteiger partial charge in [-0.05, 0) is 30.0 Å². The lowest BCUT2D eigenvalue weighted by Gasteiger charge is -2.24. The lowest BCUT2D eigenvalue weighted by Crippen LogP contribution is -2.55.